The molecule has 3 N–H and O–H groups in total. The third-order valence-corrected chi connectivity index (χ3v) is 3.76. The number of nitrogens with one attached hydrogen (secondary N) is 1. The molecule has 0 bridgehead atoms. The third kappa shape index (κ3) is 4.49. The Morgan fingerprint density at radius 3 is 2.68 bits per heavy atom. The molecule has 1 heterocycles. The first-order valence-electron chi connectivity index (χ1n) is 7.31. The van der Waals surface area contributed by atoms with Crippen molar-refractivity contribution in [3.63, 3.8) is 0 Å². The zero-order chi connectivity index (χ0) is 14.4. The van der Waals surface area contributed by atoms with Crippen LogP contribution in [0.2, 0.25) is 0 Å². The van der Waals surface area contributed by atoms with Gasteiger partial charge in [0.05, 0.1) is 12.0 Å². The number of hydrogen-bond acceptors (Lipinski definition) is 3. The summed E-state index contributed by atoms with van der Waals surface area (Å²) in [6.07, 6.45) is 3.78. The number of nitrogens with two attached hydrogens (primary N) is 1. The van der Waals surface area contributed by atoms with Crippen molar-refractivity contribution in [3.8, 4) is 0 Å². The van der Waals surface area contributed by atoms with E-state index in [2.05, 4.69) is 12.2 Å². The second kappa shape index (κ2) is 7.48. The molecule has 5 heteroatoms. The summed E-state index contributed by atoms with van der Waals surface area (Å²) in [6, 6.07) is -0.317. The van der Waals surface area contributed by atoms with E-state index >= 15 is 0 Å². The zero-order valence-corrected chi connectivity index (χ0v) is 12.3. The minimum Gasteiger partial charge on any atom is -0.356 e. The van der Waals surface area contributed by atoms with Gasteiger partial charge in [-0.3, -0.25) is 9.59 Å². The van der Waals surface area contributed by atoms with Gasteiger partial charge >= 0.3 is 0 Å². The van der Waals surface area contributed by atoms with Crippen LogP contribution in [0.1, 0.15) is 46.5 Å². The highest BCUT2D eigenvalue weighted by Crippen LogP contribution is 2.22. The lowest BCUT2D eigenvalue weighted by Gasteiger charge is -2.38. The van der Waals surface area contributed by atoms with Crippen LogP contribution in [0.3, 0.4) is 0 Å². The molecule has 1 fully saturated rings. The smallest absolute Gasteiger partial charge is 0.239 e. The Morgan fingerprint density at radius 1 is 1.42 bits per heavy atom. The maximum Gasteiger partial charge on any atom is 0.239 e. The standard InChI is InChI=1S/C14H27N3O2/c1-4-5-8-16-13(18)12-7-6-10(2)17(9-12)14(19)11(3)15/h10-12H,4-9,15H2,1-3H3,(H,16,18)/t10?,11-,12?/m0/s1. The Balaban J connectivity index is 2.54. The quantitative estimate of drug-likeness (QED) is 0.727. The van der Waals surface area contributed by atoms with Gasteiger partial charge in [-0.25, -0.2) is 0 Å². The first-order valence-corrected chi connectivity index (χ1v) is 7.31. The molecule has 0 aromatic carbocycles. The van der Waals surface area contributed by atoms with Gasteiger partial charge in [0.1, 0.15) is 0 Å². The molecule has 0 spiro atoms. The number of amides is 2. The van der Waals surface area contributed by atoms with Gasteiger partial charge in [0.2, 0.25) is 11.8 Å². The van der Waals surface area contributed by atoms with Crippen molar-refractivity contribution >= 4 is 11.8 Å². The lowest BCUT2D eigenvalue weighted by atomic mass is 9.92. The monoisotopic (exact) mass is 269 g/mol. The molecule has 0 aromatic heterocycles. The van der Waals surface area contributed by atoms with Crippen LogP contribution in [-0.4, -0.2) is 41.9 Å². The molecular weight excluding hydrogens is 242 g/mol. The normalized spacial score (nSPS) is 24.9. The Bertz CT molecular complexity index is 318. The Kier molecular flexibility index (Phi) is 6.28. The molecule has 0 radical (unpaired) electrons. The molecule has 1 saturated heterocycles. The highest BCUT2D eigenvalue weighted by molar-refractivity contribution is 5.84. The Hall–Kier alpha value is -1.10. The van der Waals surface area contributed by atoms with E-state index in [0.29, 0.717) is 6.54 Å². The molecule has 1 aliphatic rings. The first kappa shape index (κ1) is 16.0. The lowest BCUT2D eigenvalue weighted by molar-refractivity contribution is -0.139. The summed E-state index contributed by atoms with van der Waals surface area (Å²) in [4.78, 5) is 25.8. The third-order valence-electron chi connectivity index (χ3n) is 3.76. The molecule has 0 saturated carbocycles. The van der Waals surface area contributed by atoms with Gasteiger partial charge in [0.25, 0.3) is 0 Å². The van der Waals surface area contributed by atoms with Crippen molar-refractivity contribution in [1.82, 2.24) is 10.2 Å². The van der Waals surface area contributed by atoms with Gasteiger partial charge in [0.15, 0.2) is 0 Å². The van der Waals surface area contributed by atoms with E-state index in [1.807, 2.05) is 6.92 Å². The Morgan fingerprint density at radius 2 is 2.11 bits per heavy atom. The first-order chi connectivity index (χ1) is 8.97. The lowest BCUT2D eigenvalue weighted by Crippen LogP contribution is -2.53. The number of piperidine rings is 1. The number of likely N-dealkylation sites (tertiary alicyclic amines) is 1. The second-order valence-corrected chi connectivity index (χ2v) is 5.55. The molecule has 1 rings (SSSR count). The fourth-order valence-corrected chi connectivity index (χ4v) is 2.42. The van der Waals surface area contributed by atoms with Crippen LogP contribution >= 0.6 is 0 Å². The molecule has 1 aliphatic heterocycles. The number of rotatable bonds is 5. The summed E-state index contributed by atoms with van der Waals surface area (Å²) < 4.78 is 0. The van der Waals surface area contributed by atoms with Gasteiger partial charge in [-0.05, 0) is 33.1 Å². The SMILES string of the molecule is CCCCNC(=O)C1CCC(C)N(C(=O)[C@H](C)N)C1. The summed E-state index contributed by atoms with van der Waals surface area (Å²) in [5.74, 6) is -0.0721. The Labute approximate surface area is 115 Å². The van der Waals surface area contributed by atoms with Gasteiger partial charge in [-0.1, -0.05) is 13.3 Å². The minimum absolute atomic E-state index is 0.0569. The van der Waals surface area contributed by atoms with Crippen molar-refractivity contribution in [3.05, 3.63) is 0 Å². The number of unbranched alkanes of at least 4 members (excludes halogenated alkanes) is 1. The summed E-state index contributed by atoms with van der Waals surface area (Å²) in [5, 5.41) is 2.95. The van der Waals surface area contributed by atoms with Crippen LogP contribution in [-0.2, 0) is 9.59 Å². The van der Waals surface area contributed by atoms with E-state index in [4.69, 9.17) is 5.73 Å². The van der Waals surface area contributed by atoms with Crippen LogP contribution in [0, 0.1) is 5.92 Å². The van der Waals surface area contributed by atoms with E-state index in [1.165, 1.54) is 0 Å². The van der Waals surface area contributed by atoms with Gasteiger partial charge in [-0.15, -0.1) is 0 Å². The van der Waals surface area contributed by atoms with E-state index < -0.39 is 6.04 Å². The fraction of sp³-hybridized carbons (Fsp3) is 0.857. The molecular formula is C14H27N3O2. The van der Waals surface area contributed by atoms with E-state index in [1.54, 1.807) is 11.8 Å². The van der Waals surface area contributed by atoms with Crippen molar-refractivity contribution in [2.45, 2.75) is 58.5 Å². The maximum absolute atomic E-state index is 12.0. The highest BCUT2D eigenvalue weighted by Gasteiger charge is 2.33. The molecule has 2 amide bonds. The van der Waals surface area contributed by atoms with Crippen molar-refractivity contribution in [2.75, 3.05) is 13.1 Å². The summed E-state index contributed by atoms with van der Waals surface area (Å²) >= 11 is 0. The maximum atomic E-state index is 12.0. The number of carbonyl (C=O) groups excluding carboxylic acids is 2. The second-order valence-electron chi connectivity index (χ2n) is 5.55. The van der Waals surface area contributed by atoms with Crippen molar-refractivity contribution < 1.29 is 9.59 Å². The molecule has 2 unspecified atom stereocenters. The van der Waals surface area contributed by atoms with E-state index in [-0.39, 0.29) is 23.8 Å². The highest BCUT2D eigenvalue weighted by atomic mass is 16.2. The van der Waals surface area contributed by atoms with Crippen LogP contribution in [0.25, 0.3) is 0 Å². The molecule has 110 valence electrons. The average Bonchev–Trinajstić information content (AvgIpc) is 2.38. The van der Waals surface area contributed by atoms with Crippen molar-refractivity contribution in [2.24, 2.45) is 11.7 Å². The van der Waals surface area contributed by atoms with Crippen LogP contribution in [0.5, 0.6) is 0 Å². The molecule has 19 heavy (non-hydrogen) atoms. The molecule has 3 atom stereocenters. The molecule has 0 aromatic rings. The largest absolute Gasteiger partial charge is 0.356 e. The topological polar surface area (TPSA) is 75.4 Å². The van der Waals surface area contributed by atoms with Gasteiger partial charge in [-0.2, -0.15) is 0 Å². The van der Waals surface area contributed by atoms with Crippen molar-refractivity contribution in [1.29, 1.82) is 0 Å². The summed E-state index contributed by atoms with van der Waals surface area (Å²) in [7, 11) is 0. The number of hydrogen-bond donors (Lipinski definition) is 2. The molecule has 0 aliphatic carbocycles. The molecule has 5 nitrogen and oxygen atoms in total. The number of nitrogens with zero attached hydrogens (tertiary/aromatic N) is 1. The fourth-order valence-electron chi connectivity index (χ4n) is 2.42. The average molecular weight is 269 g/mol. The predicted molar refractivity (Wildman–Crippen MR) is 75.5 cm³/mol. The number of carbonyl (C=O) groups is 2. The zero-order valence-electron chi connectivity index (χ0n) is 12.3. The summed E-state index contributed by atoms with van der Waals surface area (Å²) in [5.41, 5.74) is 5.66. The predicted octanol–water partition coefficient (Wildman–Crippen LogP) is 0.877. The van der Waals surface area contributed by atoms with Gasteiger partial charge < -0.3 is 16.0 Å². The van der Waals surface area contributed by atoms with Crippen LogP contribution in [0.15, 0.2) is 0 Å². The van der Waals surface area contributed by atoms with Crippen LogP contribution < -0.4 is 11.1 Å². The minimum atomic E-state index is -0.496. The summed E-state index contributed by atoms with van der Waals surface area (Å²) in [6.45, 7) is 7.03. The van der Waals surface area contributed by atoms with E-state index in [0.717, 1.165) is 32.2 Å². The van der Waals surface area contributed by atoms with Gasteiger partial charge in [0, 0.05) is 19.1 Å². The van der Waals surface area contributed by atoms with E-state index in [9.17, 15) is 9.59 Å². The van der Waals surface area contributed by atoms with Crippen LogP contribution in [0.4, 0.5) is 0 Å².